The summed E-state index contributed by atoms with van der Waals surface area (Å²) >= 11 is 0. The van der Waals surface area contributed by atoms with Gasteiger partial charge >= 0.3 is 0 Å². The molecule has 0 fully saturated rings. The van der Waals surface area contributed by atoms with Crippen molar-refractivity contribution in [1.82, 2.24) is 0 Å². The van der Waals surface area contributed by atoms with E-state index in [1.165, 1.54) is 41.3 Å². The fourth-order valence-electron chi connectivity index (χ4n) is 2.16. The van der Waals surface area contributed by atoms with Crippen LogP contribution < -0.4 is 5.30 Å². The van der Waals surface area contributed by atoms with Crippen LogP contribution in [0.4, 0.5) is 0 Å². The van der Waals surface area contributed by atoms with Crippen LogP contribution in [0.15, 0.2) is 36.4 Å². The lowest BCUT2D eigenvalue weighted by Crippen LogP contribution is -1.95. The predicted molar refractivity (Wildman–Crippen MR) is 83.6 cm³/mol. The fraction of sp³-hybridized carbons (Fsp3) is 0.235. The maximum absolute atomic E-state index is 2.31. The number of aryl methyl sites for hydroxylation is 4. The highest BCUT2D eigenvalue weighted by Gasteiger charge is 2.00. The SMILES string of the molecule is Cc1ccc(P=Cc2c(C)cc(C)cc2C)cc1. The van der Waals surface area contributed by atoms with Gasteiger partial charge in [-0.3, -0.25) is 0 Å². The molecular weight excluding hydrogens is 235 g/mol. The molecule has 0 amide bonds. The van der Waals surface area contributed by atoms with Gasteiger partial charge in [-0.15, -0.1) is 0 Å². The van der Waals surface area contributed by atoms with Crippen molar-refractivity contribution in [3.63, 3.8) is 0 Å². The molecule has 1 heteroatoms. The van der Waals surface area contributed by atoms with Gasteiger partial charge in [-0.1, -0.05) is 55.7 Å². The number of hydrogen-bond donors (Lipinski definition) is 0. The van der Waals surface area contributed by atoms with Crippen LogP contribution in [0.2, 0.25) is 0 Å². The summed E-state index contributed by atoms with van der Waals surface area (Å²) in [5, 5.41) is 1.35. The summed E-state index contributed by atoms with van der Waals surface area (Å²) in [5.41, 5.74) is 6.77. The van der Waals surface area contributed by atoms with Gasteiger partial charge in [0.15, 0.2) is 0 Å². The Bertz CT molecular complexity index is 554. The molecule has 0 aliphatic carbocycles. The zero-order valence-corrected chi connectivity index (χ0v) is 12.4. The Morgan fingerprint density at radius 2 is 1.33 bits per heavy atom. The average Bonchev–Trinajstić information content (AvgIpc) is 2.30. The van der Waals surface area contributed by atoms with Crippen LogP contribution in [0.25, 0.3) is 0 Å². The van der Waals surface area contributed by atoms with Crippen LogP contribution in [0.5, 0.6) is 0 Å². The zero-order valence-electron chi connectivity index (χ0n) is 11.5. The van der Waals surface area contributed by atoms with Crippen LogP contribution >= 0.6 is 8.20 Å². The summed E-state index contributed by atoms with van der Waals surface area (Å²) in [7, 11) is 1.27. The van der Waals surface area contributed by atoms with Crippen molar-refractivity contribution in [2.75, 3.05) is 0 Å². The van der Waals surface area contributed by atoms with Crippen molar-refractivity contribution in [3.05, 3.63) is 64.2 Å². The summed E-state index contributed by atoms with van der Waals surface area (Å²) in [5.74, 6) is 2.31. The second-order valence-corrected chi connectivity index (χ2v) is 5.94. The molecule has 92 valence electrons. The van der Waals surface area contributed by atoms with Crippen molar-refractivity contribution in [1.29, 1.82) is 0 Å². The molecular formula is C17H19P. The van der Waals surface area contributed by atoms with E-state index in [1.54, 1.807) is 0 Å². The van der Waals surface area contributed by atoms with Crippen LogP contribution in [0.1, 0.15) is 27.8 Å². The van der Waals surface area contributed by atoms with Gasteiger partial charge < -0.3 is 0 Å². The van der Waals surface area contributed by atoms with Crippen molar-refractivity contribution >= 4 is 19.3 Å². The zero-order chi connectivity index (χ0) is 13.1. The van der Waals surface area contributed by atoms with Gasteiger partial charge in [0.1, 0.15) is 0 Å². The monoisotopic (exact) mass is 254 g/mol. The minimum atomic E-state index is 1.27. The summed E-state index contributed by atoms with van der Waals surface area (Å²) in [6.45, 7) is 8.66. The first-order valence-electron chi connectivity index (χ1n) is 6.25. The summed E-state index contributed by atoms with van der Waals surface area (Å²) < 4.78 is 0. The third-order valence-corrected chi connectivity index (χ3v) is 4.10. The fourth-order valence-corrected chi connectivity index (χ4v) is 3.17. The van der Waals surface area contributed by atoms with E-state index in [-0.39, 0.29) is 0 Å². The Kier molecular flexibility index (Phi) is 3.99. The molecule has 0 radical (unpaired) electrons. The quantitative estimate of drug-likeness (QED) is 0.699. The average molecular weight is 254 g/mol. The number of hydrogen-bond acceptors (Lipinski definition) is 0. The molecule has 0 saturated carbocycles. The summed E-state index contributed by atoms with van der Waals surface area (Å²) in [6.07, 6.45) is 0. The molecule has 0 nitrogen and oxygen atoms in total. The van der Waals surface area contributed by atoms with Gasteiger partial charge in [-0.05, 0) is 50.2 Å². The van der Waals surface area contributed by atoms with Crippen molar-refractivity contribution in [3.8, 4) is 0 Å². The highest BCUT2D eigenvalue weighted by Crippen LogP contribution is 2.16. The minimum Gasteiger partial charge on any atom is -0.0678 e. The first kappa shape index (κ1) is 13.1. The standard InChI is InChI=1S/C17H19P/c1-12-5-7-16(8-6-12)18-11-17-14(3)9-13(2)10-15(17)4/h5-11H,1-4H3. The highest BCUT2D eigenvalue weighted by molar-refractivity contribution is 7.47. The van der Waals surface area contributed by atoms with Gasteiger partial charge in [0.05, 0.1) is 0 Å². The molecule has 0 aliphatic rings. The predicted octanol–water partition coefficient (Wildman–Crippen LogP) is 4.34. The molecule has 18 heavy (non-hydrogen) atoms. The second-order valence-electron chi connectivity index (χ2n) is 4.91. The molecule has 0 aromatic heterocycles. The van der Waals surface area contributed by atoms with E-state index >= 15 is 0 Å². The number of rotatable bonds is 2. The lowest BCUT2D eigenvalue weighted by molar-refractivity contribution is 1.31. The van der Waals surface area contributed by atoms with E-state index in [9.17, 15) is 0 Å². The Hall–Kier alpha value is -1.39. The molecule has 0 unspecified atom stereocenters. The lowest BCUT2D eigenvalue weighted by atomic mass is 10.0. The van der Waals surface area contributed by atoms with Gasteiger partial charge in [0, 0.05) is 5.30 Å². The van der Waals surface area contributed by atoms with Crippen LogP contribution in [0, 0.1) is 27.7 Å². The Labute approximate surface area is 111 Å². The van der Waals surface area contributed by atoms with Crippen LogP contribution in [-0.4, -0.2) is 5.80 Å². The number of benzene rings is 2. The van der Waals surface area contributed by atoms with E-state index in [2.05, 4.69) is 69.9 Å². The van der Waals surface area contributed by atoms with E-state index in [0.717, 1.165) is 0 Å². The molecule has 2 rings (SSSR count). The van der Waals surface area contributed by atoms with E-state index in [0.29, 0.717) is 0 Å². The molecule has 0 saturated heterocycles. The molecule has 0 spiro atoms. The van der Waals surface area contributed by atoms with Crippen molar-refractivity contribution in [2.24, 2.45) is 0 Å². The Balaban J connectivity index is 2.31. The third kappa shape index (κ3) is 3.09. The van der Waals surface area contributed by atoms with Gasteiger partial charge in [0.25, 0.3) is 0 Å². The van der Waals surface area contributed by atoms with Crippen LogP contribution in [-0.2, 0) is 0 Å². The molecule has 2 aromatic carbocycles. The molecule has 0 bridgehead atoms. The third-order valence-electron chi connectivity index (χ3n) is 3.11. The largest absolute Gasteiger partial charge is 0.0678 e. The van der Waals surface area contributed by atoms with Gasteiger partial charge in [0.2, 0.25) is 0 Å². The first-order valence-corrected chi connectivity index (χ1v) is 7.21. The highest BCUT2D eigenvalue weighted by atomic mass is 31.1. The van der Waals surface area contributed by atoms with Crippen molar-refractivity contribution in [2.45, 2.75) is 27.7 Å². The Morgan fingerprint density at radius 3 is 1.89 bits per heavy atom. The van der Waals surface area contributed by atoms with E-state index in [4.69, 9.17) is 0 Å². The topological polar surface area (TPSA) is 0 Å². The first-order chi connectivity index (χ1) is 8.56. The summed E-state index contributed by atoms with van der Waals surface area (Å²) in [6, 6.07) is 13.3. The molecule has 0 aliphatic heterocycles. The van der Waals surface area contributed by atoms with Crippen molar-refractivity contribution < 1.29 is 0 Å². The molecule has 0 N–H and O–H groups in total. The molecule has 0 heterocycles. The normalized spacial score (nSPS) is 11.1. The van der Waals surface area contributed by atoms with E-state index in [1.807, 2.05) is 0 Å². The van der Waals surface area contributed by atoms with Gasteiger partial charge in [-0.25, -0.2) is 0 Å². The molecule has 0 atom stereocenters. The van der Waals surface area contributed by atoms with Gasteiger partial charge in [-0.2, -0.15) is 0 Å². The maximum atomic E-state index is 2.31. The smallest absolute Gasteiger partial charge is 0.00180 e. The maximum Gasteiger partial charge on any atom is 0.00180 e. The van der Waals surface area contributed by atoms with E-state index < -0.39 is 0 Å². The molecule has 2 aromatic rings. The second kappa shape index (κ2) is 5.50. The van der Waals surface area contributed by atoms with Crippen LogP contribution in [0.3, 0.4) is 0 Å². The Morgan fingerprint density at radius 1 is 0.778 bits per heavy atom. The summed E-state index contributed by atoms with van der Waals surface area (Å²) in [4.78, 5) is 0. The lowest BCUT2D eigenvalue weighted by Gasteiger charge is -2.06. The minimum absolute atomic E-state index is 1.27.